The first-order chi connectivity index (χ1) is 9.06. The molecule has 2 nitrogen and oxygen atoms in total. The van der Waals surface area contributed by atoms with Gasteiger partial charge in [0.2, 0.25) is 0 Å². The summed E-state index contributed by atoms with van der Waals surface area (Å²) in [5, 5.41) is 0. The molecular weight excluding hydrogens is 236 g/mol. The molecular formula is C17H30O2. The van der Waals surface area contributed by atoms with E-state index in [9.17, 15) is 4.79 Å². The van der Waals surface area contributed by atoms with Gasteiger partial charge in [-0.05, 0) is 19.3 Å². The second-order valence-corrected chi connectivity index (χ2v) is 6.05. The third-order valence-electron chi connectivity index (χ3n) is 4.70. The summed E-state index contributed by atoms with van der Waals surface area (Å²) >= 11 is 0. The highest BCUT2D eigenvalue weighted by atomic mass is 16.6. The van der Waals surface area contributed by atoms with Crippen LogP contribution in [-0.2, 0) is 9.53 Å². The summed E-state index contributed by atoms with van der Waals surface area (Å²) < 4.78 is 5.49. The van der Waals surface area contributed by atoms with Crippen LogP contribution in [0.5, 0.6) is 0 Å². The first-order valence-corrected chi connectivity index (χ1v) is 7.96. The van der Waals surface area contributed by atoms with Gasteiger partial charge < -0.3 is 4.74 Å². The molecule has 1 rings (SSSR count). The second kappa shape index (κ2) is 7.72. The van der Waals surface area contributed by atoms with Crippen LogP contribution in [0, 0.1) is 5.41 Å². The maximum Gasteiger partial charge on any atom is 0.334 e. The molecule has 2 atom stereocenters. The summed E-state index contributed by atoms with van der Waals surface area (Å²) in [7, 11) is 0. The van der Waals surface area contributed by atoms with E-state index in [0.717, 1.165) is 19.3 Å². The Labute approximate surface area is 118 Å². The average Bonchev–Trinajstić information content (AvgIpc) is 2.63. The Kier molecular flexibility index (Phi) is 6.60. The van der Waals surface area contributed by atoms with Crippen LogP contribution in [0.25, 0.3) is 0 Å². The standard InChI is InChI=1S/C17H30O2/c1-5-7-8-9-10-11-12-13-15-17(4,6-2)14(3)16(18)19-15/h15H,3,5-13H2,1-2,4H3/t15-,17+/m1/s1. The lowest BCUT2D eigenvalue weighted by Gasteiger charge is -2.27. The number of hydrogen-bond donors (Lipinski definition) is 0. The quantitative estimate of drug-likeness (QED) is 0.332. The zero-order valence-corrected chi connectivity index (χ0v) is 13.0. The minimum atomic E-state index is -0.183. The number of cyclic esters (lactones) is 1. The molecule has 2 heteroatoms. The number of rotatable bonds is 9. The van der Waals surface area contributed by atoms with E-state index in [1.54, 1.807) is 0 Å². The molecule has 0 radical (unpaired) electrons. The minimum Gasteiger partial charge on any atom is -0.458 e. The van der Waals surface area contributed by atoms with Crippen molar-refractivity contribution in [3.8, 4) is 0 Å². The molecule has 0 N–H and O–H groups in total. The molecule has 1 fully saturated rings. The molecule has 1 aliphatic rings. The summed E-state index contributed by atoms with van der Waals surface area (Å²) in [5.41, 5.74) is 0.530. The van der Waals surface area contributed by atoms with Gasteiger partial charge in [-0.15, -0.1) is 0 Å². The minimum absolute atomic E-state index is 0.0492. The Balaban J connectivity index is 2.25. The Morgan fingerprint density at radius 1 is 1.11 bits per heavy atom. The Bertz CT molecular complexity index is 308. The molecule has 0 aromatic carbocycles. The molecule has 0 saturated carbocycles. The number of hydrogen-bond acceptors (Lipinski definition) is 2. The number of esters is 1. The monoisotopic (exact) mass is 266 g/mol. The Hall–Kier alpha value is -0.790. The Morgan fingerprint density at radius 3 is 2.26 bits per heavy atom. The second-order valence-electron chi connectivity index (χ2n) is 6.05. The zero-order chi connectivity index (χ0) is 14.3. The van der Waals surface area contributed by atoms with Crippen molar-refractivity contribution in [3.05, 3.63) is 12.2 Å². The average molecular weight is 266 g/mol. The third-order valence-corrected chi connectivity index (χ3v) is 4.70. The van der Waals surface area contributed by atoms with Gasteiger partial charge in [-0.1, -0.05) is 65.9 Å². The highest BCUT2D eigenvalue weighted by Gasteiger charge is 2.46. The van der Waals surface area contributed by atoms with Crippen molar-refractivity contribution in [2.75, 3.05) is 0 Å². The van der Waals surface area contributed by atoms with Crippen molar-refractivity contribution in [2.45, 2.75) is 84.7 Å². The highest BCUT2D eigenvalue weighted by molar-refractivity contribution is 5.91. The summed E-state index contributed by atoms with van der Waals surface area (Å²) in [4.78, 5) is 11.6. The maximum atomic E-state index is 11.6. The van der Waals surface area contributed by atoms with Gasteiger partial charge in [-0.3, -0.25) is 0 Å². The third kappa shape index (κ3) is 4.09. The largest absolute Gasteiger partial charge is 0.458 e. The van der Waals surface area contributed by atoms with Crippen LogP contribution < -0.4 is 0 Å². The molecule has 19 heavy (non-hydrogen) atoms. The molecule has 0 aromatic rings. The predicted molar refractivity (Wildman–Crippen MR) is 80.0 cm³/mol. The van der Waals surface area contributed by atoms with Gasteiger partial charge in [0.1, 0.15) is 6.10 Å². The first kappa shape index (κ1) is 16.3. The maximum absolute atomic E-state index is 11.6. The van der Waals surface area contributed by atoms with Crippen LogP contribution in [0.15, 0.2) is 12.2 Å². The van der Waals surface area contributed by atoms with Crippen molar-refractivity contribution in [1.29, 1.82) is 0 Å². The van der Waals surface area contributed by atoms with Gasteiger partial charge in [-0.2, -0.15) is 0 Å². The normalized spacial score (nSPS) is 26.8. The van der Waals surface area contributed by atoms with Gasteiger partial charge in [0.25, 0.3) is 0 Å². The summed E-state index contributed by atoms with van der Waals surface area (Å²) in [6.45, 7) is 10.4. The fraction of sp³-hybridized carbons (Fsp3) is 0.824. The molecule has 110 valence electrons. The molecule has 1 heterocycles. The van der Waals surface area contributed by atoms with Crippen LogP contribution in [-0.4, -0.2) is 12.1 Å². The predicted octanol–water partition coefficient (Wildman–Crippen LogP) is 5.03. The molecule has 0 unspecified atom stereocenters. The molecule has 0 aliphatic carbocycles. The zero-order valence-electron chi connectivity index (χ0n) is 13.0. The molecule has 1 aliphatic heterocycles. The van der Waals surface area contributed by atoms with Crippen LogP contribution in [0.1, 0.15) is 78.6 Å². The van der Waals surface area contributed by atoms with Gasteiger partial charge in [0.15, 0.2) is 0 Å². The lowest BCUT2D eigenvalue weighted by atomic mass is 9.76. The van der Waals surface area contributed by atoms with E-state index in [2.05, 4.69) is 27.4 Å². The van der Waals surface area contributed by atoms with Gasteiger partial charge in [0.05, 0.1) is 0 Å². The van der Waals surface area contributed by atoms with Crippen molar-refractivity contribution in [2.24, 2.45) is 5.41 Å². The first-order valence-electron chi connectivity index (χ1n) is 7.96. The van der Waals surface area contributed by atoms with Gasteiger partial charge in [-0.25, -0.2) is 4.79 Å². The van der Waals surface area contributed by atoms with Crippen molar-refractivity contribution >= 4 is 5.97 Å². The molecule has 0 bridgehead atoms. The molecule has 0 spiro atoms. The molecule has 0 amide bonds. The van der Waals surface area contributed by atoms with Crippen molar-refractivity contribution < 1.29 is 9.53 Å². The lowest BCUT2D eigenvalue weighted by Crippen LogP contribution is -2.28. The van der Waals surface area contributed by atoms with E-state index >= 15 is 0 Å². The topological polar surface area (TPSA) is 26.3 Å². The number of unbranched alkanes of at least 4 members (excludes halogenated alkanes) is 6. The number of carbonyl (C=O) groups is 1. The SMILES string of the molecule is C=C1C(=O)O[C@H](CCCCCCCCC)[C@@]1(C)CC. The van der Waals surface area contributed by atoms with Crippen molar-refractivity contribution in [1.82, 2.24) is 0 Å². The van der Waals surface area contributed by atoms with Crippen molar-refractivity contribution in [3.63, 3.8) is 0 Å². The highest BCUT2D eigenvalue weighted by Crippen LogP contribution is 2.43. The Morgan fingerprint density at radius 2 is 1.68 bits per heavy atom. The van der Waals surface area contributed by atoms with Crippen LogP contribution in [0.4, 0.5) is 0 Å². The van der Waals surface area contributed by atoms with Crippen LogP contribution in [0.2, 0.25) is 0 Å². The fourth-order valence-corrected chi connectivity index (χ4v) is 2.86. The van der Waals surface area contributed by atoms with Crippen LogP contribution >= 0.6 is 0 Å². The van der Waals surface area contributed by atoms with Gasteiger partial charge in [0, 0.05) is 11.0 Å². The fourth-order valence-electron chi connectivity index (χ4n) is 2.86. The molecule has 0 aromatic heterocycles. The lowest BCUT2D eigenvalue weighted by molar-refractivity contribution is -0.140. The van der Waals surface area contributed by atoms with E-state index < -0.39 is 0 Å². The summed E-state index contributed by atoms with van der Waals surface area (Å²) in [6, 6.07) is 0. The van der Waals surface area contributed by atoms with E-state index in [-0.39, 0.29) is 17.5 Å². The summed E-state index contributed by atoms with van der Waals surface area (Å²) in [5.74, 6) is -0.183. The summed E-state index contributed by atoms with van der Waals surface area (Å²) in [6.07, 6.45) is 11.0. The van der Waals surface area contributed by atoms with E-state index in [1.165, 1.54) is 38.5 Å². The number of carbonyl (C=O) groups excluding carboxylic acids is 1. The molecule has 1 saturated heterocycles. The smallest absolute Gasteiger partial charge is 0.334 e. The van der Waals surface area contributed by atoms with Gasteiger partial charge >= 0.3 is 5.97 Å². The van der Waals surface area contributed by atoms with Crippen LogP contribution in [0.3, 0.4) is 0 Å². The van der Waals surface area contributed by atoms with E-state index in [4.69, 9.17) is 4.74 Å². The number of ether oxygens (including phenoxy) is 1. The van der Waals surface area contributed by atoms with E-state index in [1.807, 2.05) is 0 Å². The van der Waals surface area contributed by atoms with E-state index in [0.29, 0.717) is 5.57 Å².